The molecule has 0 saturated carbocycles. The minimum atomic E-state index is -0.523. The number of benzene rings is 9. The predicted octanol–water partition coefficient (Wildman–Crippen LogP) is 14.3. The molecule has 0 aliphatic heterocycles. The molecule has 0 N–H and O–H groups in total. The average molecular weight is 727 g/mol. The van der Waals surface area contributed by atoms with Gasteiger partial charge in [0.05, 0.1) is 33.5 Å². The van der Waals surface area contributed by atoms with Gasteiger partial charge in [-0.05, 0) is 75.8 Å². The van der Waals surface area contributed by atoms with Gasteiger partial charge in [-0.1, -0.05) is 188 Å². The smallest absolute Gasteiger partial charge is 0.0714 e. The zero-order chi connectivity index (χ0) is 37.8. The molecule has 0 radical (unpaired) electrons. The molecule has 1 aliphatic carbocycles. The quantitative estimate of drug-likeness (QED) is 0.159. The fourth-order valence-electron chi connectivity index (χ4n) is 9.62. The fourth-order valence-corrected chi connectivity index (χ4v) is 9.62. The lowest BCUT2D eigenvalue weighted by atomic mass is 9.68. The van der Waals surface area contributed by atoms with Crippen molar-refractivity contribution in [3.8, 4) is 27.9 Å². The van der Waals surface area contributed by atoms with Gasteiger partial charge < -0.3 is 9.47 Å². The minimum absolute atomic E-state index is 0.523. The van der Waals surface area contributed by atoms with Gasteiger partial charge in [-0.25, -0.2) is 0 Å². The van der Waals surface area contributed by atoms with Crippen LogP contribution in [0.3, 0.4) is 0 Å². The number of aromatic nitrogens is 1. The normalized spacial score (nSPS) is 12.7. The van der Waals surface area contributed by atoms with Crippen LogP contribution in [0.2, 0.25) is 0 Å². The summed E-state index contributed by atoms with van der Waals surface area (Å²) in [7, 11) is 0. The summed E-state index contributed by atoms with van der Waals surface area (Å²) in [4.78, 5) is 2.55. The average Bonchev–Trinajstić information content (AvgIpc) is 3.80. The molecule has 1 aromatic heterocycles. The van der Waals surface area contributed by atoms with Crippen LogP contribution in [-0.4, -0.2) is 4.57 Å². The zero-order valence-corrected chi connectivity index (χ0v) is 31.3. The van der Waals surface area contributed by atoms with E-state index in [9.17, 15) is 0 Å². The first kappa shape index (κ1) is 33.0. The second-order valence-corrected chi connectivity index (χ2v) is 14.8. The van der Waals surface area contributed by atoms with Crippen LogP contribution >= 0.6 is 0 Å². The Morgan fingerprint density at radius 3 is 1.60 bits per heavy atom. The van der Waals surface area contributed by atoms with E-state index in [0.717, 1.165) is 28.3 Å². The van der Waals surface area contributed by atoms with Gasteiger partial charge in [0, 0.05) is 27.6 Å². The summed E-state index contributed by atoms with van der Waals surface area (Å²) in [6.07, 6.45) is 0. The van der Waals surface area contributed by atoms with Gasteiger partial charge in [-0.3, -0.25) is 0 Å². The van der Waals surface area contributed by atoms with Gasteiger partial charge in [0.1, 0.15) is 0 Å². The highest BCUT2D eigenvalue weighted by molar-refractivity contribution is 6.17. The van der Waals surface area contributed by atoms with Crippen LogP contribution in [0.1, 0.15) is 22.3 Å². The van der Waals surface area contributed by atoms with Crippen LogP contribution in [0, 0.1) is 0 Å². The minimum Gasteiger partial charge on any atom is -0.309 e. The van der Waals surface area contributed by atoms with E-state index in [1.165, 1.54) is 60.8 Å². The number of fused-ring (bicyclic) bond motifs is 6. The van der Waals surface area contributed by atoms with Gasteiger partial charge in [0.2, 0.25) is 0 Å². The van der Waals surface area contributed by atoms with Gasteiger partial charge in [-0.2, -0.15) is 0 Å². The van der Waals surface area contributed by atoms with Crippen molar-refractivity contribution >= 4 is 38.9 Å². The van der Waals surface area contributed by atoms with Crippen molar-refractivity contribution in [2.24, 2.45) is 0 Å². The van der Waals surface area contributed by atoms with E-state index in [1.807, 2.05) is 0 Å². The highest BCUT2D eigenvalue weighted by Gasteiger charge is 2.47. The van der Waals surface area contributed by atoms with Crippen LogP contribution in [0.25, 0.3) is 49.7 Å². The van der Waals surface area contributed by atoms with Crippen molar-refractivity contribution in [2.45, 2.75) is 5.41 Å². The molecular formula is C55H38N2. The van der Waals surface area contributed by atoms with Gasteiger partial charge in [0.15, 0.2) is 0 Å². The number of hydrogen-bond donors (Lipinski definition) is 0. The van der Waals surface area contributed by atoms with Gasteiger partial charge in [-0.15, -0.1) is 0 Å². The molecule has 0 spiro atoms. The first-order valence-corrected chi connectivity index (χ1v) is 19.7. The Morgan fingerprint density at radius 2 is 0.860 bits per heavy atom. The van der Waals surface area contributed by atoms with E-state index in [0.29, 0.717) is 0 Å². The summed E-state index contributed by atoms with van der Waals surface area (Å²) in [6, 6.07) is 84.3. The predicted molar refractivity (Wildman–Crippen MR) is 238 cm³/mol. The molecule has 57 heavy (non-hydrogen) atoms. The molecule has 0 saturated heterocycles. The summed E-state index contributed by atoms with van der Waals surface area (Å²) in [5, 5.41) is 2.42. The summed E-state index contributed by atoms with van der Waals surface area (Å²) >= 11 is 0. The zero-order valence-electron chi connectivity index (χ0n) is 31.3. The van der Waals surface area contributed by atoms with E-state index >= 15 is 0 Å². The maximum atomic E-state index is 2.55. The molecule has 0 amide bonds. The molecule has 0 bridgehead atoms. The van der Waals surface area contributed by atoms with Gasteiger partial charge in [0.25, 0.3) is 0 Å². The Labute approximate surface area is 333 Å². The summed E-state index contributed by atoms with van der Waals surface area (Å²) in [6.45, 7) is 0. The molecule has 2 heteroatoms. The Hall–Kier alpha value is -7.42. The van der Waals surface area contributed by atoms with E-state index in [4.69, 9.17) is 0 Å². The van der Waals surface area contributed by atoms with Crippen molar-refractivity contribution in [3.63, 3.8) is 0 Å². The second kappa shape index (κ2) is 13.4. The van der Waals surface area contributed by atoms with Crippen LogP contribution in [0.4, 0.5) is 17.1 Å². The molecule has 11 rings (SSSR count). The molecule has 268 valence electrons. The molecule has 2 nitrogen and oxygen atoms in total. The highest BCUT2D eigenvalue weighted by Crippen LogP contribution is 2.60. The largest absolute Gasteiger partial charge is 0.309 e. The maximum absolute atomic E-state index is 2.55. The maximum Gasteiger partial charge on any atom is 0.0714 e. The lowest BCUT2D eigenvalue weighted by Gasteiger charge is -2.34. The lowest BCUT2D eigenvalue weighted by Crippen LogP contribution is -2.28. The molecule has 1 aliphatic rings. The number of rotatable bonds is 7. The first-order chi connectivity index (χ1) is 28.3. The third kappa shape index (κ3) is 4.97. The molecule has 0 fully saturated rings. The Morgan fingerprint density at radius 1 is 0.351 bits per heavy atom. The van der Waals surface area contributed by atoms with Crippen LogP contribution in [-0.2, 0) is 5.41 Å². The van der Waals surface area contributed by atoms with Crippen LogP contribution in [0.15, 0.2) is 231 Å². The van der Waals surface area contributed by atoms with Crippen molar-refractivity contribution < 1.29 is 0 Å². The van der Waals surface area contributed by atoms with E-state index < -0.39 is 5.41 Å². The van der Waals surface area contributed by atoms with Crippen molar-refractivity contribution in [3.05, 3.63) is 253 Å². The molecular weight excluding hydrogens is 689 g/mol. The molecule has 10 aromatic rings. The summed E-state index contributed by atoms with van der Waals surface area (Å²) in [5.74, 6) is 0. The number of hydrogen-bond acceptors (Lipinski definition) is 1. The summed E-state index contributed by atoms with van der Waals surface area (Å²) < 4.78 is 2.41. The third-order valence-electron chi connectivity index (χ3n) is 11.9. The van der Waals surface area contributed by atoms with Gasteiger partial charge >= 0.3 is 0 Å². The first-order valence-electron chi connectivity index (χ1n) is 19.7. The monoisotopic (exact) mass is 726 g/mol. The SMILES string of the molecule is c1ccc(-c2ccccc2N(c2cccc3c2-c2ccccc2C3(c2ccccc2)c2ccccc2)c2cccc3c2c2ccccc2n3-c2ccccc2)cc1. The highest BCUT2D eigenvalue weighted by atomic mass is 15.2. The van der Waals surface area contributed by atoms with E-state index in [-0.39, 0.29) is 0 Å². The Bertz CT molecular complexity index is 3020. The number of para-hydroxylation sites is 3. The topological polar surface area (TPSA) is 8.17 Å². The fraction of sp³-hybridized carbons (Fsp3) is 0.0182. The summed E-state index contributed by atoms with van der Waals surface area (Å²) in [5.41, 5.74) is 16.3. The van der Waals surface area contributed by atoms with Crippen LogP contribution in [0.5, 0.6) is 0 Å². The number of nitrogens with zero attached hydrogens (tertiary/aromatic N) is 2. The molecule has 9 aromatic carbocycles. The van der Waals surface area contributed by atoms with Crippen LogP contribution < -0.4 is 4.90 Å². The molecule has 0 unspecified atom stereocenters. The van der Waals surface area contributed by atoms with Crippen molar-refractivity contribution in [2.75, 3.05) is 4.90 Å². The van der Waals surface area contributed by atoms with E-state index in [1.54, 1.807) is 0 Å². The molecule has 0 atom stereocenters. The van der Waals surface area contributed by atoms with Crippen molar-refractivity contribution in [1.29, 1.82) is 0 Å². The number of anilines is 3. The standard InChI is InChI=1S/C55H38N2/c1-5-21-39(22-6-1)43-29-14-17-34-48(43)57(52-38-20-37-51-54(52)45-31-15-18-35-49(45)56(51)42-27-11-4-12-28-42)50-36-19-33-47-53(50)44-30-13-16-32-46(44)55(47,40-23-7-2-8-24-40)41-25-9-3-10-26-41/h1-38H. The Kier molecular flexibility index (Phi) is 7.75. The van der Waals surface area contributed by atoms with Crippen molar-refractivity contribution in [1.82, 2.24) is 4.57 Å². The molecule has 1 heterocycles. The second-order valence-electron chi connectivity index (χ2n) is 14.8. The Balaban J connectivity index is 1.29. The lowest BCUT2D eigenvalue weighted by molar-refractivity contribution is 0.768. The third-order valence-corrected chi connectivity index (χ3v) is 11.9. The van der Waals surface area contributed by atoms with E-state index in [2.05, 4.69) is 240 Å².